The first-order valence-corrected chi connectivity index (χ1v) is 10.0. The normalized spacial score (nSPS) is 48.6. The molecule has 0 bridgehead atoms. The smallest absolute Gasteiger partial charge is 0.240 e. The molecule has 4 heteroatoms. The molecule has 1 heterocycles. The predicted octanol–water partition coefficient (Wildman–Crippen LogP) is 2.40. The van der Waals surface area contributed by atoms with Gasteiger partial charge < -0.3 is 9.88 Å². The van der Waals surface area contributed by atoms with Crippen molar-refractivity contribution < 1.29 is 4.79 Å². The van der Waals surface area contributed by atoms with Crippen LogP contribution in [0.15, 0.2) is 24.3 Å². The number of carbonyl (C=O) groups is 1. The summed E-state index contributed by atoms with van der Waals surface area (Å²) in [7, 11) is 0. The molecule has 1 aromatic carbocycles. The van der Waals surface area contributed by atoms with Crippen LogP contribution in [0.2, 0.25) is 0 Å². The molecule has 0 unspecified atom stereocenters. The molecule has 7 fully saturated rings. The van der Waals surface area contributed by atoms with Crippen molar-refractivity contribution in [3.8, 4) is 0 Å². The van der Waals surface area contributed by atoms with E-state index in [2.05, 4.69) is 22.0 Å². The summed E-state index contributed by atoms with van der Waals surface area (Å²) in [6.45, 7) is 1.38. The molecule has 2 aromatic rings. The number of hydrogen-bond donors (Lipinski definition) is 1. The lowest BCUT2D eigenvalue weighted by atomic mass is 8.96. The van der Waals surface area contributed by atoms with Gasteiger partial charge in [-0.1, -0.05) is 12.1 Å². The van der Waals surface area contributed by atoms with E-state index >= 15 is 0 Å². The molecular formula is C21H21N3O. The van der Waals surface area contributed by atoms with E-state index in [0.29, 0.717) is 17.9 Å². The van der Waals surface area contributed by atoms with Gasteiger partial charge in [-0.3, -0.25) is 4.79 Å². The average molecular weight is 331 g/mol. The fourth-order valence-electron chi connectivity index (χ4n) is 8.39. The zero-order valence-corrected chi connectivity index (χ0v) is 14.1. The Morgan fingerprint density at radius 3 is 2.56 bits per heavy atom. The number of benzene rings is 1. The predicted molar refractivity (Wildman–Crippen MR) is 91.6 cm³/mol. The van der Waals surface area contributed by atoms with Gasteiger partial charge in [-0.05, 0) is 71.8 Å². The van der Waals surface area contributed by atoms with Crippen molar-refractivity contribution >= 4 is 16.9 Å². The number of carbonyl (C=O) groups excluding carboxylic acids is 1. The maximum absolute atomic E-state index is 12.7. The Balaban J connectivity index is 1.05. The van der Waals surface area contributed by atoms with Gasteiger partial charge in [0.2, 0.25) is 5.91 Å². The Morgan fingerprint density at radius 1 is 1.12 bits per heavy atom. The van der Waals surface area contributed by atoms with Crippen LogP contribution in [0.4, 0.5) is 0 Å². The van der Waals surface area contributed by atoms with Gasteiger partial charge in [0.05, 0.1) is 11.0 Å². The molecule has 4 nitrogen and oxygen atoms in total. The fraction of sp³-hybridized carbons (Fsp3) is 0.619. The Labute approximate surface area is 146 Å². The van der Waals surface area contributed by atoms with Crippen LogP contribution in [0.5, 0.6) is 0 Å². The molecule has 9 rings (SSSR count). The van der Waals surface area contributed by atoms with Gasteiger partial charge in [0.15, 0.2) is 0 Å². The monoisotopic (exact) mass is 331 g/mol. The highest BCUT2D eigenvalue weighted by atomic mass is 16.1. The van der Waals surface area contributed by atoms with Crippen molar-refractivity contribution in [1.82, 2.24) is 14.9 Å². The van der Waals surface area contributed by atoms with Crippen LogP contribution in [-0.4, -0.2) is 22.0 Å². The van der Waals surface area contributed by atoms with Crippen LogP contribution >= 0.6 is 0 Å². The average Bonchev–Trinajstić information content (AvgIpc) is 3.43. The fourth-order valence-corrected chi connectivity index (χ4v) is 8.39. The molecule has 1 amide bonds. The largest absolute Gasteiger partial charge is 0.354 e. The number of aromatic nitrogens is 2. The molecule has 0 saturated heterocycles. The minimum Gasteiger partial charge on any atom is -0.354 e. The highest BCUT2D eigenvalue weighted by molar-refractivity contribution is 5.81. The Kier molecular flexibility index (Phi) is 1.76. The number of rotatable bonds is 5. The minimum absolute atomic E-state index is 0.179. The van der Waals surface area contributed by atoms with E-state index in [9.17, 15) is 4.79 Å². The zero-order chi connectivity index (χ0) is 16.1. The molecule has 25 heavy (non-hydrogen) atoms. The van der Waals surface area contributed by atoms with E-state index in [0.717, 1.165) is 64.8 Å². The zero-order valence-electron chi connectivity index (χ0n) is 14.1. The molecule has 1 aromatic heterocycles. The van der Waals surface area contributed by atoms with Crippen LogP contribution in [0.3, 0.4) is 0 Å². The molecule has 0 atom stereocenters. The number of para-hydroxylation sites is 2. The van der Waals surface area contributed by atoms with Crippen LogP contribution in [0.1, 0.15) is 24.6 Å². The van der Waals surface area contributed by atoms with Crippen molar-refractivity contribution in [2.24, 2.45) is 46.8 Å². The molecule has 7 aliphatic carbocycles. The second-order valence-corrected chi connectivity index (χ2v) is 9.59. The second kappa shape index (κ2) is 3.51. The number of fused-ring (bicyclic) bond motifs is 1. The van der Waals surface area contributed by atoms with Gasteiger partial charge in [0.25, 0.3) is 0 Å². The number of hydrogen-bond acceptors (Lipinski definition) is 2. The lowest BCUT2D eigenvalue weighted by Crippen LogP contribution is -3.06. The van der Waals surface area contributed by atoms with Crippen molar-refractivity contribution in [3.05, 3.63) is 30.1 Å². The van der Waals surface area contributed by atoms with Crippen molar-refractivity contribution in [1.29, 1.82) is 0 Å². The van der Waals surface area contributed by atoms with Crippen LogP contribution in [0.25, 0.3) is 11.0 Å². The molecular weight excluding hydrogens is 310 g/mol. The van der Waals surface area contributed by atoms with Gasteiger partial charge in [0, 0.05) is 12.5 Å². The Bertz CT molecular complexity index is 935. The Morgan fingerprint density at radius 2 is 1.84 bits per heavy atom. The first kappa shape index (κ1) is 12.5. The van der Waals surface area contributed by atoms with Crippen molar-refractivity contribution in [2.45, 2.75) is 25.3 Å². The van der Waals surface area contributed by atoms with Crippen LogP contribution in [-0.2, 0) is 11.3 Å². The van der Waals surface area contributed by atoms with Gasteiger partial charge in [-0.25, -0.2) is 4.98 Å². The summed E-state index contributed by atoms with van der Waals surface area (Å²) in [5.41, 5.74) is 2.70. The van der Waals surface area contributed by atoms with Crippen molar-refractivity contribution in [2.75, 3.05) is 6.54 Å². The SMILES string of the molecule is O=C(Cn1c(C2CC2)nc2ccccc21)NCC12C3C4C5C3C1C5C42. The summed E-state index contributed by atoms with van der Waals surface area (Å²) in [6, 6.07) is 8.23. The molecule has 0 aliphatic heterocycles. The van der Waals surface area contributed by atoms with Gasteiger partial charge >= 0.3 is 0 Å². The van der Waals surface area contributed by atoms with E-state index in [1.165, 1.54) is 12.8 Å². The summed E-state index contributed by atoms with van der Waals surface area (Å²) >= 11 is 0. The highest BCUT2D eigenvalue weighted by Crippen LogP contribution is 3.05. The maximum atomic E-state index is 12.7. The first-order chi connectivity index (χ1) is 12.3. The molecule has 0 radical (unpaired) electrons. The molecule has 7 aliphatic rings. The van der Waals surface area contributed by atoms with Crippen LogP contribution in [0, 0.1) is 46.8 Å². The third-order valence-corrected chi connectivity index (χ3v) is 9.20. The maximum Gasteiger partial charge on any atom is 0.240 e. The lowest BCUT2D eigenvalue weighted by Gasteiger charge is -3.08. The second-order valence-electron chi connectivity index (χ2n) is 9.59. The number of nitrogens with zero attached hydrogens (tertiary/aromatic N) is 2. The van der Waals surface area contributed by atoms with Crippen LogP contribution < -0.4 is 5.32 Å². The third kappa shape index (κ3) is 1.06. The van der Waals surface area contributed by atoms with Gasteiger partial charge in [-0.2, -0.15) is 0 Å². The summed E-state index contributed by atoms with van der Waals surface area (Å²) in [5.74, 6) is 9.31. The quantitative estimate of drug-likeness (QED) is 0.914. The molecule has 0 spiro atoms. The number of nitrogens with one attached hydrogen (secondary N) is 1. The third-order valence-electron chi connectivity index (χ3n) is 9.20. The molecule has 126 valence electrons. The summed E-state index contributed by atoms with van der Waals surface area (Å²) in [4.78, 5) is 17.5. The van der Waals surface area contributed by atoms with Gasteiger partial charge in [0.1, 0.15) is 12.4 Å². The highest BCUT2D eigenvalue weighted by Gasteiger charge is 3.03. The Hall–Kier alpha value is -1.84. The molecule has 7 saturated carbocycles. The summed E-state index contributed by atoms with van der Waals surface area (Å²) in [6.07, 6.45) is 2.43. The van der Waals surface area contributed by atoms with E-state index in [1.54, 1.807) is 0 Å². The topological polar surface area (TPSA) is 46.9 Å². The lowest BCUT2D eigenvalue weighted by molar-refractivity contribution is -0.612. The first-order valence-electron chi connectivity index (χ1n) is 10.0. The van der Waals surface area contributed by atoms with Gasteiger partial charge in [-0.15, -0.1) is 0 Å². The van der Waals surface area contributed by atoms with Crippen molar-refractivity contribution in [3.63, 3.8) is 0 Å². The summed E-state index contributed by atoms with van der Waals surface area (Å²) in [5, 5.41) is 3.32. The van der Waals surface area contributed by atoms with E-state index in [-0.39, 0.29) is 5.91 Å². The van der Waals surface area contributed by atoms with E-state index < -0.39 is 0 Å². The van der Waals surface area contributed by atoms with E-state index in [1.807, 2.05) is 12.1 Å². The number of imidazole rings is 1. The minimum atomic E-state index is 0.179. The van der Waals surface area contributed by atoms with E-state index in [4.69, 9.17) is 4.98 Å². The summed E-state index contributed by atoms with van der Waals surface area (Å²) < 4.78 is 2.17. The molecule has 1 N–H and O–H groups in total. The standard InChI is InChI=1S/C21H21N3O/c25-12(22-8-21-17-14-13-15(17)19(21)16(13)18(14)21)7-24-11-4-2-1-3-10(11)23-20(24)9-5-6-9/h1-4,9,13-19H,5-8H2,(H,22,25). The number of amides is 1.